The first-order chi connectivity index (χ1) is 8.22. The fourth-order valence-electron chi connectivity index (χ4n) is 1.95. The molecule has 0 bridgehead atoms. The molecule has 1 N–H and O–H groups in total. The summed E-state index contributed by atoms with van der Waals surface area (Å²) in [5.74, 6) is 1.57. The second-order valence-electron chi connectivity index (χ2n) is 3.95. The summed E-state index contributed by atoms with van der Waals surface area (Å²) < 4.78 is 0. The quantitative estimate of drug-likeness (QED) is 0.784. The first-order valence-corrected chi connectivity index (χ1v) is 6.78. The van der Waals surface area contributed by atoms with Gasteiger partial charge >= 0.3 is 0 Å². The highest BCUT2D eigenvalue weighted by molar-refractivity contribution is 8.93. The molecule has 0 radical (unpaired) electrons. The molecule has 0 saturated carbocycles. The van der Waals surface area contributed by atoms with E-state index in [1.807, 2.05) is 18.2 Å². The van der Waals surface area contributed by atoms with Crippen molar-refractivity contribution >= 4 is 57.6 Å². The summed E-state index contributed by atoms with van der Waals surface area (Å²) in [6.45, 7) is 1.74. The van der Waals surface area contributed by atoms with Crippen LogP contribution in [-0.2, 0) is 0 Å². The van der Waals surface area contributed by atoms with Crippen LogP contribution in [0, 0.1) is 0 Å². The Balaban J connectivity index is 0.00000162. The van der Waals surface area contributed by atoms with Crippen LogP contribution in [0.4, 0.5) is 0 Å². The lowest BCUT2D eigenvalue weighted by molar-refractivity contribution is 0.796. The van der Waals surface area contributed by atoms with Crippen molar-refractivity contribution in [1.82, 2.24) is 5.32 Å². The summed E-state index contributed by atoms with van der Waals surface area (Å²) in [6.07, 6.45) is 0.757. The molecule has 1 aromatic carbocycles. The van der Waals surface area contributed by atoms with E-state index in [0.29, 0.717) is 15.9 Å². The Labute approximate surface area is 132 Å². The Hall–Kier alpha value is 0.0400. The van der Waals surface area contributed by atoms with Gasteiger partial charge in [-0.2, -0.15) is 0 Å². The minimum atomic E-state index is 0. The highest BCUT2D eigenvalue weighted by Crippen LogP contribution is 2.34. The third-order valence-corrected chi connectivity index (χ3v) is 3.81. The fraction of sp³-hybridized carbons (Fsp3) is 0.417. The van der Waals surface area contributed by atoms with E-state index in [-0.39, 0.29) is 22.9 Å². The molecule has 6 heteroatoms. The van der Waals surface area contributed by atoms with Crippen molar-refractivity contribution in [3.05, 3.63) is 33.8 Å². The summed E-state index contributed by atoms with van der Waals surface area (Å²) in [4.78, 5) is 4.37. The highest BCUT2D eigenvalue weighted by Gasteiger charge is 2.20. The van der Waals surface area contributed by atoms with Crippen LogP contribution in [0.3, 0.4) is 0 Å². The molecule has 0 aromatic heterocycles. The van der Waals surface area contributed by atoms with Gasteiger partial charge in [0.2, 0.25) is 0 Å². The summed E-state index contributed by atoms with van der Waals surface area (Å²) in [5, 5.41) is 4.57. The van der Waals surface area contributed by atoms with Crippen LogP contribution in [0.1, 0.15) is 17.9 Å². The highest BCUT2D eigenvalue weighted by atomic mass is 79.9. The number of hydrogen-bond donors (Lipinski definition) is 1. The van der Waals surface area contributed by atoms with Gasteiger partial charge in [-0.15, -0.1) is 28.6 Å². The molecule has 1 unspecified atom stereocenters. The minimum absolute atomic E-state index is 0. The van der Waals surface area contributed by atoms with Crippen LogP contribution in [0.25, 0.3) is 0 Å². The Bertz CT molecular complexity index is 417. The lowest BCUT2D eigenvalue weighted by Gasteiger charge is -2.17. The van der Waals surface area contributed by atoms with E-state index < -0.39 is 0 Å². The van der Waals surface area contributed by atoms with Gasteiger partial charge in [-0.25, -0.2) is 0 Å². The van der Waals surface area contributed by atoms with Crippen LogP contribution in [-0.4, -0.2) is 24.8 Å². The number of aliphatic imine (C=N–C) groups is 1. The van der Waals surface area contributed by atoms with Gasteiger partial charge in [0.05, 0.1) is 12.4 Å². The maximum atomic E-state index is 6.19. The van der Waals surface area contributed by atoms with Crippen molar-refractivity contribution in [3.8, 4) is 0 Å². The zero-order valence-corrected chi connectivity index (χ0v) is 13.6. The molecule has 100 valence electrons. The van der Waals surface area contributed by atoms with Crippen molar-refractivity contribution < 1.29 is 0 Å². The Morgan fingerprint density at radius 3 is 2.44 bits per heavy atom. The average Bonchev–Trinajstić information content (AvgIpc) is 2.80. The molecule has 1 atom stereocenters. The van der Waals surface area contributed by atoms with Crippen molar-refractivity contribution in [2.45, 2.75) is 12.3 Å². The standard InChI is InChI=1S/C12H13Cl3N2.BrH/c13-7-8(6-11-16-4-5-17-11)12-9(14)2-1-3-10(12)15;/h1-3,8H,4-7H2,(H,16,17);1H. The number of alkyl halides is 1. The van der Waals surface area contributed by atoms with Gasteiger partial charge in [-0.3, -0.25) is 4.99 Å². The number of hydrogen-bond acceptors (Lipinski definition) is 2. The molecule has 1 aliphatic heterocycles. The second-order valence-corrected chi connectivity index (χ2v) is 5.07. The Morgan fingerprint density at radius 2 is 1.94 bits per heavy atom. The van der Waals surface area contributed by atoms with Gasteiger partial charge in [0.25, 0.3) is 0 Å². The summed E-state index contributed by atoms with van der Waals surface area (Å²) >= 11 is 18.4. The number of halogens is 4. The maximum Gasteiger partial charge on any atom is 0.0971 e. The van der Waals surface area contributed by atoms with Crippen LogP contribution < -0.4 is 5.32 Å². The Kier molecular flexibility index (Phi) is 6.78. The molecular formula is C12H14BrCl3N2. The fourth-order valence-corrected chi connectivity index (χ4v) is 2.92. The number of nitrogens with one attached hydrogen (secondary N) is 1. The molecule has 2 rings (SSSR count). The number of nitrogens with zero attached hydrogens (tertiary/aromatic N) is 1. The number of amidine groups is 1. The predicted octanol–water partition coefficient (Wildman–Crippen LogP) is 4.29. The number of rotatable bonds is 4. The maximum absolute atomic E-state index is 6.19. The van der Waals surface area contributed by atoms with Gasteiger partial charge in [0.15, 0.2) is 0 Å². The first-order valence-electron chi connectivity index (χ1n) is 5.49. The predicted molar refractivity (Wildman–Crippen MR) is 85.2 cm³/mol. The second kappa shape index (κ2) is 7.59. The normalized spacial score (nSPS) is 15.6. The zero-order valence-electron chi connectivity index (χ0n) is 9.63. The average molecular weight is 373 g/mol. The molecule has 0 fully saturated rings. The lowest BCUT2D eigenvalue weighted by atomic mass is 9.97. The van der Waals surface area contributed by atoms with E-state index in [0.717, 1.165) is 30.9 Å². The lowest BCUT2D eigenvalue weighted by Crippen LogP contribution is -2.21. The van der Waals surface area contributed by atoms with E-state index in [9.17, 15) is 0 Å². The van der Waals surface area contributed by atoms with Crippen molar-refractivity contribution in [2.75, 3.05) is 19.0 Å². The van der Waals surface area contributed by atoms with Gasteiger partial charge in [-0.1, -0.05) is 29.3 Å². The van der Waals surface area contributed by atoms with E-state index in [2.05, 4.69) is 10.3 Å². The van der Waals surface area contributed by atoms with Crippen molar-refractivity contribution in [3.63, 3.8) is 0 Å². The summed E-state index contributed by atoms with van der Waals surface area (Å²) in [7, 11) is 0. The van der Waals surface area contributed by atoms with Gasteiger partial charge < -0.3 is 5.32 Å². The zero-order chi connectivity index (χ0) is 12.3. The molecule has 2 nitrogen and oxygen atoms in total. The molecule has 18 heavy (non-hydrogen) atoms. The van der Waals surface area contributed by atoms with E-state index in [1.165, 1.54) is 0 Å². The molecule has 0 amide bonds. The van der Waals surface area contributed by atoms with E-state index >= 15 is 0 Å². The first kappa shape index (κ1) is 16.1. The molecule has 0 aliphatic carbocycles. The third-order valence-electron chi connectivity index (χ3n) is 2.78. The van der Waals surface area contributed by atoms with Crippen LogP contribution in [0.5, 0.6) is 0 Å². The SMILES string of the molecule is Br.ClCC(CC1=NCCN1)c1c(Cl)cccc1Cl. The topological polar surface area (TPSA) is 24.4 Å². The third kappa shape index (κ3) is 3.77. The molecular weight excluding hydrogens is 358 g/mol. The van der Waals surface area contributed by atoms with E-state index in [1.54, 1.807) is 0 Å². The molecule has 1 aliphatic rings. The largest absolute Gasteiger partial charge is 0.372 e. The van der Waals surface area contributed by atoms with E-state index in [4.69, 9.17) is 34.8 Å². The van der Waals surface area contributed by atoms with Crippen LogP contribution in [0.15, 0.2) is 23.2 Å². The smallest absolute Gasteiger partial charge is 0.0971 e. The monoisotopic (exact) mass is 370 g/mol. The summed E-state index contributed by atoms with van der Waals surface area (Å²) in [5.41, 5.74) is 0.919. The van der Waals surface area contributed by atoms with Crippen LogP contribution in [0.2, 0.25) is 10.0 Å². The molecule has 1 heterocycles. The van der Waals surface area contributed by atoms with Gasteiger partial charge in [-0.05, 0) is 17.7 Å². The van der Waals surface area contributed by atoms with Gasteiger partial charge in [0, 0.05) is 34.8 Å². The van der Waals surface area contributed by atoms with Crippen molar-refractivity contribution in [2.24, 2.45) is 4.99 Å². The molecule has 1 aromatic rings. The molecule has 0 spiro atoms. The molecule has 0 saturated heterocycles. The Morgan fingerprint density at radius 1 is 1.28 bits per heavy atom. The van der Waals surface area contributed by atoms with Crippen molar-refractivity contribution in [1.29, 1.82) is 0 Å². The van der Waals surface area contributed by atoms with Crippen LogP contribution >= 0.6 is 51.8 Å². The minimum Gasteiger partial charge on any atom is -0.372 e. The van der Waals surface area contributed by atoms with Gasteiger partial charge in [0.1, 0.15) is 0 Å². The summed E-state index contributed by atoms with van der Waals surface area (Å²) in [6, 6.07) is 5.52. The number of benzene rings is 1.